The van der Waals surface area contributed by atoms with E-state index in [2.05, 4.69) is 0 Å². The van der Waals surface area contributed by atoms with Crippen LogP contribution in [0.25, 0.3) is 0 Å². The topological polar surface area (TPSA) is 32.1 Å². The van der Waals surface area contributed by atoms with Crippen molar-refractivity contribution in [3.63, 3.8) is 0 Å². The highest BCUT2D eigenvalue weighted by Gasteiger charge is 2.30. The third-order valence-electron chi connectivity index (χ3n) is 4.21. The standard InChI is InChI=1S/C16H23NO3/c1-18-14-7-5-13(6-8-14)16-19-12-15(20-16)11-17-9-3-2-4-10-17/h5-8,15-16H,2-4,9-12H2,1H3/p+1/t15-,16-/m1/s1. The molecule has 1 aromatic carbocycles. The molecule has 4 heteroatoms. The molecule has 0 radical (unpaired) electrons. The highest BCUT2D eigenvalue weighted by Crippen LogP contribution is 2.27. The van der Waals surface area contributed by atoms with Crippen LogP contribution in [-0.2, 0) is 9.47 Å². The summed E-state index contributed by atoms with van der Waals surface area (Å²) in [6.07, 6.45) is 4.11. The molecule has 2 heterocycles. The largest absolute Gasteiger partial charge is 0.497 e. The first-order chi connectivity index (χ1) is 9.85. The van der Waals surface area contributed by atoms with Gasteiger partial charge in [-0.2, -0.15) is 0 Å². The average molecular weight is 278 g/mol. The van der Waals surface area contributed by atoms with Gasteiger partial charge in [-0.3, -0.25) is 0 Å². The Morgan fingerprint density at radius 2 is 1.90 bits per heavy atom. The fourth-order valence-corrected chi connectivity index (χ4v) is 3.07. The smallest absolute Gasteiger partial charge is 0.184 e. The van der Waals surface area contributed by atoms with Crippen molar-refractivity contribution in [2.75, 3.05) is 33.4 Å². The Kier molecular flexibility index (Phi) is 4.55. The molecule has 110 valence electrons. The van der Waals surface area contributed by atoms with Crippen LogP contribution in [0, 0.1) is 0 Å². The molecule has 4 nitrogen and oxygen atoms in total. The maximum Gasteiger partial charge on any atom is 0.184 e. The summed E-state index contributed by atoms with van der Waals surface area (Å²) in [5.74, 6) is 0.862. The second kappa shape index (κ2) is 6.57. The molecule has 0 saturated carbocycles. The zero-order chi connectivity index (χ0) is 13.8. The Bertz CT molecular complexity index is 414. The third-order valence-corrected chi connectivity index (χ3v) is 4.21. The number of likely N-dealkylation sites (tertiary alicyclic amines) is 1. The van der Waals surface area contributed by atoms with Crippen molar-refractivity contribution < 1.29 is 19.1 Å². The molecule has 3 rings (SSSR count). The van der Waals surface area contributed by atoms with Crippen molar-refractivity contribution in [1.82, 2.24) is 0 Å². The van der Waals surface area contributed by atoms with Crippen molar-refractivity contribution in [2.45, 2.75) is 31.7 Å². The summed E-state index contributed by atoms with van der Waals surface area (Å²) in [5.41, 5.74) is 1.07. The zero-order valence-corrected chi connectivity index (χ0v) is 12.1. The van der Waals surface area contributed by atoms with E-state index in [-0.39, 0.29) is 12.4 Å². The Hall–Kier alpha value is -1.10. The van der Waals surface area contributed by atoms with Crippen LogP contribution in [-0.4, -0.2) is 39.5 Å². The van der Waals surface area contributed by atoms with E-state index in [0.717, 1.165) is 17.9 Å². The fourth-order valence-electron chi connectivity index (χ4n) is 3.07. The molecule has 2 aliphatic rings. The minimum atomic E-state index is -0.213. The fraction of sp³-hybridized carbons (Fsp3) is 0.625. The third kappa shape index (κ3) is 3.32. The molecule has 2 atom stereocenters. The van der Waals surface area contributed by atoms with Gasteiger partial charge >= 0.3 is 0 Å². The number of methoxy groups -OCH3 is 1. The second-order valence-corrected chi connectivity index (χ2v) is 5.71. The molecule has 2 aliphatic heterocycles. The first kappa shape index (κ1) is 13.9. The SMILES string of the molecule is COc1ccc([C@@H]2OC[C@@H](C[NH+]3CCCCC3)O2)cc1. The van der Waals surface area contributed by atoms with Crippen LogP contribution in [0.15, 0.2) is 24.3 Å². The Morgan fingerprint density at radius 1 is 1.15 bits per heavy atom. The van der Waals surface area contributed by atoms with Gasteiger partial charge in [0.25, 0.3) is 0 Å². The number of benzene rings is 1. The minimum Gasteiger partial charge on any atom is -0.497 e. The van der Waals surface area contributed by atoms with Crippen molar-refractivity contribution >= 4 is 0 Å². The molecular formula is C16H24NO3+. The Balaban J connectivity index is 1.52. The van der Waals surface area contributed by atoms with E-state index in [4.69, 9.17) is 14.2 Å². The lowest BCUT2D eigenvalue weighted by atomic mass is 10.1. The van der Waals surface area contributed by atoms with Crippen LogP contribution < -0.4 is 9.64 Å². The summed E-state index contributed by atoms with van der Waals surface area (Å²) < 4.78 is 17.0. The summed E-state index contributed by atoms with van der Waals surface area (Å²) in [4.78, 5) is 1.67. The average Bonchev–Trinajstić information content (AvgIpc) is 2.97. The number of hydrogen-bond acceptors (Lipinski definition) is 3. The molecule has 0 amide bonds. The Labute approximate surface area is 120 Å². The highest BCUT2D eigenvalue weighted by atomic mass is 16.7. The highest BCUT2D eigenvalue weighted by molar-refractivity contribution is 5.28. The van der Waals surface area contributed by atoms with Crippen molar-refractivity contribution in [3.8, 4) is 5.75 Å². The van der Waals surface area contributed by atoms with Gasteiger partial charge in [-0.25, -0.2) is 0 Å². The van der Waals surface area contributed by atoms with Crippen LogP contribution >= 0.6 is 0 Å². The van der Waals surface area contributed by atoms with Gasteiger partial charge in [-0.15, -0.1) is 0 Å². The molecule has 0 aliphatic carbocycles. The van der Waals surface area contributed by atoms with Gasteiger partial charge in [0.1, 0.15) is 18.4 Å². The number of ether oxygens (including phenoxy) is 3. The lowest BCUT2D eigenvalue weighted by molar-refractivity contribution is -0.907. The predicted octanol–water partition coefficient (Wildman–Crippen LogP) is 1.18. The molecule has 0 spiro atoms. The quantitative estimate of drug-likeness (QED) is 0.897. The Morgan fingerprint density at radius 3 is 2.60 bits per heavy atom. The van der Waals surface area contributed by atoms with Crippen LogP contribution in [0.3, 0.4) is 0 Å². The molecule has 0 unspecified atom stereocenters. The summed E-state index contributed by atoms with van der Waals surface area (Å²) >= 11 is 0. The molecule has 1 N–H and O–H groups in total. The first-order valence-electron chi connectivity index (χ1n) is 7.60. The number of piperidine rings is 1. The van der Waals surface area contributed by atoms with E-state index in [0.29, 0.717) is 6.61 Å². The van der Waals surface area contributed by atoms with Crippen LogP contribution in [0.1, 0.15) is 31.1 Å². The van der Waals surface area contributed by atoms with Crippen molar-refractivity contribution in [1.29, 1.82) is 0 Å². The zero-order valence-electron chi connectivity index (χ0n) is 12.1. The lowest BCUT2D eigenvalue weighted by Crippen LogP contribution is -3.13. The van der Waals surface area contributed by atoms with Crippen LogP contribution in [0.4, 0.5) is 0 Å². The minimum absolute atomic E-state index is 0.213. The van der Waals surface area contributed by atoms with Crippen molar-refractivity contribution in [2.24, 2.45) is 0 Å². The summed E-state index contributed by atoms with van der Waals surface area (Å²) in [6.45, 7) is 4.35. The summed E-state index contributed by atoms with van der Waals surface area (Å²) in [6, 6.07) is 7.93. The van der Waals surface area contributed by atoms with E-state index < -0.39 is 0 Å². The van der Waals surface area contributed by atoms with E-state index >= 15 is 0 Å². The van der Waals surface area contributed by atoms with Gasteiger partial charge in [-0.05, 0) is 31.4 Å². The summed E-state index contributed by atoms with van der Waals surface area (Å²) in [7, 11) is 1.68. The van der Waals surface area contributed by atoms with Gasteiger partial charge in [0.05, 0.1) is 26.8 Å². The molecule has 1 aromatic rings. The number of hydrogen-bond donors (Lipinski definition) is 1. The second-order valence-electron chi connectivity index (χ2n) is 5.71. The van der Waals surface area contributed by atoms with Gasteiger partial charge in [-0.1, -0.05) is 12.1 Å². The van der Waals surface area contributed by atoms with Gasteiger partial charge in [0.2, 0.25) is 0 Å². The van der Waals surface area contributed by atoms with Crippen molar-refractivity contribution in [3.05, 3.63) is 29.8 Å². The van der Waals surface area contributed by atoms with Gasteiger partial charge in [0, 0.05) is 5.56 Å². The van der Waals surface area contributed by atoms with E-state index in [1.165, 1.54) is 32.4 Å². The first-order valence-corrected chi connectivity index (χ1v) is 7.60. The monoisotopic (exact) mass is 278 g/mol. The summed E-state index contributed by atoms with van der Waals surface area (Å²) in [5, 5.41) is 0. The lowest BCUT2D eigenvalue weighted by Gasteiger charge is -2.25. The molecule has 2 saturated heterocycles. The maximum atomic E-state index is 6.04. The number of rotatable bonds is 4. The molecule has 0 bridgehead atoms. The maximum absolute atomic E-state index is 6.04. The predicted molar refractivity (Wildman–Crippen MR) is 76.0 cm³/mol. The van der Waals surface area contributed by atoms with E-state index in [1.807, 2.05) is 24.3 Å². The van der Waals surface area contributed by atoms with Crippen LogP contribution in [0.5, 0.6) is 5.75 Å². The van der Waals surface area contributed by atoms with E-state index in [1.54, 1.807) is 12.0 Å². The van der Waals surface area contributed by atoms with Gasteiger partial charge in [0.15, 0.2) is 6.29 Å². The van der Waals surface area contributed by atoms with Gasteiger partial charge < -0.3 is 19.1 Å². The molecule has 20 heavy (non-hydrogen) atoms. The molecule has 0 aromatic heterocycles. The normalized spacial score (nSPS) is 27.6. The molecular weight excluding hydrogens is 254 g/mol. The number of nitrogens with one attached hydrogen (secondary N) is 1. The molecule has 2 fully saturated rings. The van der Waals surface area contributed by atoms with E-state index in [9.17, 15) is 0 Å². The number of quaternary nitrogens is 1. The van der Waals surface area contributed by atoms with Crippen LogP contribution in [0.2, 0.25) is 0 Å².